The van der Waals surface area contributed by atoms with Gasteiger partial charge in [-0.1, -0.05) is 228 Å². The highest BCUT2D eigenvalue weighted by Crippen LogP contribution is 2.69. The summed E-state index contributed by atoms with van der Waals surface area (Å²) in [6.07, 6.45) is 15.2. The number of fused-ring (bicyclic) bond motifs is 22. The molecule has 2 spiro atoms. The monoisotopic (exact) mass is 960 g/mol. The van der Waals surface area contributed by atoms with Crippen molar-refractivity contribution >= 4 is 28.4 Å². The van der Waals surface area contributed by atoms with Crippen LogP contribution in [0.15, 0.2) is 231 Å². The molecule has 10 aromatic rings. The zero-order valence-electron chi connectivity index (χ0n) is 42.9. The molecule has 0 N–H and O–H groups in total. The highest BCUT2D eigenvalue weighted by atomic mass is 15.2. The van der Waals surface area contributed by atoms with Crippen LogP contribution in [-0.4, -0.2) is 10.6 Å². The average molecular weight is 961 g/mol. The van der Waals surface area contributed by atoms with E-state index in [1.54, 1.807) is 0 Å². The summed E-state index contributed by atoms with van der Waals surface area (Å²) in [7, 11) is 0. The van der Waals surface area contributed by atoms with Crippen molar-refractivity contribution in [2.75, 3.05) is 4.90 Å². The molecule has 0 bridgehead atoms. The Morgan fingerprint density at radius 3 is 1.61 bits per heavy atom. The van der Waals surface area contributed by atoms with Gasteiger partial charge in [0.25, 0.3) is 0 Å². The van der Waals surface area contributed by atoms with Crippen molar-refractivity contribution in [2.24, 2.45) is 5.92 Å². The fourth-order valence-corrected chi connectivity index (χ4v) is 15.7. The Morgan fingerprint density at radius 2 is 0.987 bits per heavy atom. The molecule has 0 aliphatic heterocycles. The molecule has 0 saturated heterocycles. The summed E-state index contributed by atoms with van der Waals surface area (Å²) in [4.78, 5) is 2.75. The number of hydrogen-bond donors (Lipinski definition) is 0. The number of allylic oxidation sites excluding steroid dienone is 3. The summed E-state index contributed by atoms with van der Waals surface area (Å²) in [5, 5.41) is 1.29. The van der Waals surface area contributed by atoms with E-state index in [1.165, 1.54) is 128 Å². The van der Waals surface area contributed by atoms with Crippen molar-refractivity contribution in [2.45, 2.75) is 62.3 Å². The summed E-state index contributed by atoms with van der Waals surface area (Å²) in [6, 6.07) is 77.7. The van der Waals surface area contributed by atoms with Gasteiger partial charge in [-0.05, 0) is 132 Å². The molecular weight excluding hydrogens is 905 g/mol. The summed E-state index contributed by atoms with van der Waals surface area (Å²) in [5.74, 6) is 0.564. The standard InChI is InChI=1S/C73H56N2/c1-45-21-5-18-37-66(45)74(47-40-42-67-56(43-47)55-28-19-22-46(2)70(55)75(67)48-39-41-54-49-23-6-11-29-57(49)71(3,4)65(54)44-48)68-38-20-36-64-69(68)73(60-32-14-9-26-52(60)53-27-10-15-33-61(53)73)63-35-17-16-34-62(63)72(64)58-30-12-7-24-50(58)51-25-8-13-31-59(51)72/h5-21,23-46,66H,22H2,1-4H3. The summed E-state index contributed by atoms with van der Waals surface area (Å²) in [5.41, 5.74) is 27.9. The second-order valence-electron chi connectivity index (χ2n) is 22.7. The van der Waals surface area contributed by atoms with E-state index in [0.29, 0.717) is 5.92 Å². The van der Waals surface area contributed by atoms with E-state index in [-0.39, 0.29) is 17.4 Å². The molecule has 2 heteroatoms. The van der Waals surface area contributed by atoms with Crippen molar-refractivity contribution in [1.29, 1.82) is 0 Å². The molecule has 75 heavy (non-hydrogen) atoms. The quantitative estimate of drug-likeness (QED) is 0.171. The van der Waals surface area contributed by atoms with Gasteiger partial charge in [-0.15, -0.1) is 0 Å². The maximum absolute atomic E-state index is 2.75. The number of benzene rings is 9. The largest absolute Gasteiger partial charge is 0.334 e. The van der Waals surface area contributed by atoms with Crippen LogP contribution in [0.5, 0.6) is 0 Å². The third-order valence-electron chi connectivity index (χ3n) is 18.8. The molecular formula is C73H56N2. The van der Waals surface area contributed by atoms with Gasteiger partial charge in [0.15, 0.2) is 0 Å². The second kappa shape index (κ2) is 15.3. The lowest BCUT2D eigenvalue weighted by Crippen LogP contribution is -2.46. The maximum Gasteiger partial charge on any atom is 0.0740 e. The number of nitrogens with zero attached hydrogens (tertiary/aromatic N) is 2. The Bertz CT molecular complexity index is 4110. The van der Waals surface area contributed by atoms with Gasteiger partial charge in [0.05, 0.1) is 22.4 Å². The molecule has 6 aliphatic rings. The van der Waals surface area contributed by atoms with Gasteiger partial charge < -0.3 is 9.47 Å². The Labute approximate surface area is 440 Å². The van der Waals surface area contributed by atoms with Crippen LogP contribution in [0.1, 0.15) is 107 Å². The van der Waals surface area contributed by atoms with Crippen LogP contribution in [-0.2, 0) is 16.2 Å². The molecule has 9 aromatic carbocycles. The molecule has 0 amide bonds. The fourth-order valence-electron chi connectivity index (χ4n) is 15.7. The Morgan fingerprint density at radius 1 is 0.467 bits per heavy atom. The second-order valence-corrected chi connectivity index (χ2v) is 22.7. The number of hydrogen-bond acceptors (Lipinski definition) is 1. The predicted molar refractivity (Wildman–Crippen MR) is 311 cm³/mol. The minimum Gasteiger partial charge on any atom is -0.334 e. The minimum atomic E-state index is -0.644. The Balaban J connectivity index is 1.01. The van der Waals surface area contributed by atoms with Crippen LogP contribution in [0.4, 0.5) is 11.4 Å². The van der Waals surface area contributed by atoms with Crippen molar-refractivity contribution in [3.05, 3.63) is 297 Å². The molecule has 3 atom stereocenters. The van der Waals surface area contributed by atoms with Gasteiger partial charge in [-0.3, -0.25) is 0 Å². The molecule has 0 radical (unpaired) electrons. The summed E-state index contributed by atoms with van der Waals surface area (Å²) >= 11 is 0. The van der Waals surface area contributed by atoms with Crippen molar-refractivity contribution < 1.29 is 0 Å². The normalized spacial score (nSPS) is 19.4. The highest BCUT2D eigenvalue weighted by molar-refractivity contribution is 5.99. The van der Waals surface area contributed by atoms with Crippen molar-refractivity contribution in [3.63, 3.8) is 0 Å². The van der Waals surface area contributed by atoms with E-state index >= 15 is 0 Å². The molecule has 2 nitrogen and oxygen atoms in total. The Kier molecular flexibility index (Phi) is 8.77. The first-order valence-electron chi connectivity index (χ1n) is 27.2. The lowest BCUT2D eigenvalue weighted by Gasteiger charge is -2.51. The molecule has 6 aliphatic carbocycles. The van der Waals surface area contributed by atoms with E-state index in [1.807, 2.05) is 0 Å². The number of anilines is 2. The molecule has 1 aromatic heterocycles. The molecule has 358 valence electrons. The SMILES string of the molecule is CC1CC=Cc2c1n(-c1ccc3c(c1)C(C)(C)c1ccccc1-3)c1ccc(N(c3cccc4c3C3(c5ccccc5-c5ccccc53)c3ccccc3C43c4ccccc4-c4ccccc43)C3C=CC=CC3C)cc21. The van der Waals surface area contributed by atoms with Gasteiger partial charge in [0, 0.05) is 50.6 Å². The first kappa shape index (κ1) is 43.0. The fraction of sp³-hybridized carbons (Fsp3) is 0.151. The molecule has 0 fully saturated rings. The van der Waals surface area contributed by atoms with E-state index < -0.39 is 10.8 Å². The van der Waals surface area contributed by atoms with Crippen molar-refractivity contribution in [3.8, 4) is 39.1 Å². The van der Waals surface area contributed by atoms with Crippen LogP contribution >= 0.6 is 0 Å². The maximum atomic E-state index is 2.75. The third-order valence-corrected chi connectivity index (χ3v) is 18.8. The third kappa shape index (κ3) is 5.34. The smallest absolute Gasteiger partial charge is 0.0740 e. The van der Waals surface area contributed by atoms with Gasteiger partial charge in [0.1, 0.15) is 0 Å². The zero-order valence-corrected chi connectivity index (χ0v) is 42.9. The molecule has 1 heterocycles. The van der Waals surface area contributed by atoms with Gasteiger partial charge in [-0.2, -0.15) is 0 Å². The average Bonchev–Trinajstić information content (AvgIpc) is 4.31. The minimum absolute atomic E-state index is 0.0205. The molecule has 16 rings (SSSR count). The predicted octanol–water partition coefficient (Wildman–Crippen LogP) is 17.8. The van der Waals surface area contributed by atoms with Crippen LogP contribution < -0.4 is 4.90 Å². The van der Waals surface area contributed by atoms with Crippen molar-refractivity contribution in [1.82, 2.24) is 4.57 Å². The van der Waals surface area contributed by atoms with Crippen LogP contribution in [0, 0.1) is 5.92 Å². The topological polar surface area (TPSA) is 8.17 Å². The highest BCUT2D eigenvalue weighted by Gasteiger charge is 2.60. The first-order valence-corrected chi connectivity index (χ1v) is 27.2. The van der Waals surface area contributed by atoms with E-state index in [9.17, 15) is 0 Å². The molecule has 0 saturated carbocycles. The van der Waals surface area contributed by atoms with Crippen LogP contribution in [0.3, 0.4) is 0 Å². The van der Waals surface area contributed by atoms with E-state index in [4.69, 9.17) is 0 Å². The molecule has 3 unspecified atom stereocenters. The number of rotatable bonds is 4. The summed E-state index contributed by atoms with van der Waals surface area (Å²) < 4.78 is 2.61. The number of aromatic nitrogens is 1. The van der Waals surface area contributed by atoms with E-state index in [0.717, 1.165) is 6.42 Å². The van der Waals surface area contributed by atoms with Gasteiger partial charge in [0.2, 0.25) is 0 Å². The van der Waals surface area contributed by atoms with Crippen LogP contribution in [0.25, 0.3) is 56.0 Å². The van der Waals surface area contributed by atoms with E-state index in [2.05, 4.69) is 274 Å². The summed E-state index contributed by atoms with van der Waals surface area (Å²) in [6.45, 7) is 9.61. The van der Waals surface area contributed by atoms with Gasteiger partial charge >= 0.3 is 0 Å². The zero-order chi connectivity index (χ0) is 50.0. The van der Waals surface area contributed by atoms with Gasteiger partial charge in [-0.25, -0.2) is 0 Å². The Hall–Kier alpha value is -8.46. The lowest BCUT2D eigenvalue weighted by atomic mass is 9.52. The first-order chi connectivity index (χ1) is 36.8. The van der Waals surface area contributed by atoms with Crippen LogP contribution in [0.2, 0.25) is 0 Å². The lowest BCUT2D eigenvalue weighted by molar-refractivity contribution is 0.595.